The van der Waals surface area contributed by atoms with E-state index in [0.29, 0.717) is 10.6 Å². The maximum Gasteiger partial charge on any atom is 0.254 e. The molecule has 1 heterocycles. The highest BCUT2D eigenvalue weighted by Crippen LogP contribution is 2.37. The zero-order valence-electron chi connectivity index (χ0n) is 10.3. The number of carbonyl (C=O) groups is 1. The van der Waals surface area contributed by atoms with Gasteiger partial charge in [0.2, 0.25) is 0 Å². The van der Waals surface area contributed by atoms with Crippen LogP contribution in [0.5, 0.6) is 0 Å². The summed E-state index contributed by atoms with van der Waals surface area (Å²) in [6, 6.07) is 14.7. The van der Waals surface area contributed by atoms with Gasteiger partial charge in [-0.2, -0.15) is 0 Å². The highest BCUT2D eigenvalue weighted by molar-refractivity contribution is 6.30. The molecule has 0 saturated carbocycles. The molecule has 1 atom stereocenters. The fraction of sp³-hybridized carbons (Fsp3) is 0.133. The molecule has 2 aromatic carbocycles. The Bertz CT molecular complexity index is 639. The summed E-state index contributed by atoms with van der Waals surface area (Å²) in [7, 11) is 1.58. The number of halogens is 1. The summed E-state index contributed by atoms with van der Waals surface area (Å²) in [6.07, 6.45) is 0. The molecule has 3 rings (SSSR count). The van der Waals surface area contributed by atoms with Gasteiger partial charge >= 0.3 is 0 Å². The summed E-state index contributed by atoms with van der Waals surface area (Å²) in [6.45, 7) is 0. The molecule has 19 heavy (non-hydrogen) atoms. The van der Waals surface area contributed by atoms with E-state index in [-0.39, 0.29) is 5.91 Å². The molecule has 1 aliphatic heterocycles. The Kier molecular flexibility index (Phi) is 2.81. The smallest absolute Gasteiger partial charge is 0.254 e. The summed E-state index contributed by atoms with van der Waals surface area (Å²) in [5, 5.41) is 3.56. The predicted octanol–water partition coefficient (Wildman–Crippen LogP) is 2.93. The number of rotatable bonds is 2. The van der Waals surface area contributed by atoms with Gasteiger partial charge in [-0.3, -0.25) is 4.79 Å². The van der Waals surface area contributed by atoms with E-state index >= 15 is 0 Å². The van der Waals surface area contributed by atoms with Crippen molar-refractivity contribution in [1.82, 2.24) is 5.32 Å². The third-order valence-electron chi connectivity index (χ3n) is 3.40. The van der Waals surface area contributed by atoms with Crippen LogP contribution in [0.4, 0.5) is 0 Å². The van der Waals surface area contributed by atoms with Crippen molar-refractivity contribution in [1.29, 1.82) is 0 Å². The third kappa shape index (κ3) is 1.74. The number of ether oxygens (including phenoxy) is 1. The van der Waals surface area contributed by atoms with Crippen LogP contribution in [0.15, 0.2) is 48.5 Å². The second-order valence-electron chi connectivity index (χ2n) is 4.39. The molecule has 0 aliphatic carbocycles. The molecule has 1 N–H and O–H groups in total. The molecule has 0 spiro atoms. The van der Waals surface area contributed by atoms with Crippen molar-refractivity contribution in [3.05, 3.63) is 70.2 Å². The van der Waals surface area contributed by atoms with Gasteiger partial charge in [0.1, 0.15) is 0 Å². The number of nitrogens with one attached hydrogen (secondary N) is 1. The Balaban J connectivity index is 2.21. The fourth-order valence-electron chi connectivity index (χ4n) is 2.47. The Hall–Kier alpha value is -1.84. The van der Waals surface area contributed by atoms with Gasteiger partial charge in [-0.25, -0.2) is 0 Å². The van der Waals surface area contributed by atoms with E-state index in [1.165, 1.54) is 0 Å². The lowest BCUT2D eigenvalue weighted by Crippen LogP contribution is -2.42. The fourth-order valence-corrected chi connectivity index (χ4v) is 2.60. The van der Waals surface area contributed by atoms with Crippen molar-refractivity contribution >= 4 is 17.5 Å². The van der Waals surface area contributed by atoms with Gasteiger partial charge in [-0.05, 0) is 18.2 Å². The Morgan fingerprint density at radius 1 is 1.11 bits per heavy atom. The first-order chi connectivity index (χ1) is 9.17. The SMILES string of the molecule is CO[C@@]1(c2ccc(Cl)cc2)NC(=O)c2ccccc21. The highest BCUT2D eigenvalue weighted by atomic mass is 35.5. The first-order valence-corrected chi connectivity index (χ1v) is 6.28. The third-order valence-corrected chi connectivity index (χ3v) is 3.65. The minimum absolute atomic E-state index is 0.132. The monoisotopic (exact) mass is 273 g/mol. The molecule has 0 bridgehead atoms. The van der Waals surface area contributed by atoms with Crippen LogP contribution in [0, 0.1) is 0 Å². The number of methoxy groups -OCH3 is 1. The summed E-state index contributed by atoms with van der Waals surface area (Å²) in [4.78, 5) is 12.1. The maximum atomic E-state index is 12.1. The first kappa shape index (κ1) is 12.2. The quantitative estimate of drug-likeness (QED) is 0.914. The van der Waals surface area contributed by atoms with Crippen LogP contribution in [-0.4, -0.2) is 13.0 Å². The molecular formula is C15H12ClNO2. The van der Waals surface area contributed by atoms with E-state index in [1.807, 2.05) is 30.3 Å². The average Bonchev–Trinajstić information content (AvgIpc) is 2.74. The molecule has 96 valence electrons. The van der Waals surface area contributed by atoms with Crippen molar-refractivity contribution in [3.63, 3.8) is 0 Å². The Labute approximate surface area is 116 Å². The van der Waals surface area contributed by atoms with Crippen LogP contribution in [0.1, 0.15) is 21.5 Å². The van der Waals surface area contributed by atoms with Crippen LogP contribution in [0.2, 0.25) is 5.02 Å². The van der Waals surface area contributed by atoms with Crippen molar-refractivity contribution in [2.24, 2.45) is 0 Å². The molecule has 0 aromatic heterocycles. The number of carbonyl (C=O) groups excluding carboxylic acids is 1. The predicted molar refractivity (Wildman–Crippen MR) is 73.1 cm³/mol. The molecule has 0 radical (unpaired) electrons. The average molecular weight is 274 g/mol. The van der Waals surface area contributed by atoms with Crippen LogP contribution in [-0.2, 0) is 10.5 Å². The normalized spacial score (nSPS) is 21.1. The number of hydrogen-bond acceptors (Lipinski definition) is 2. The van der Waals surface area contributed by atoms with Crippen LogP contribution in [0.25, 0.3) is 0 Å². The van der Waals surface area contributed by atoms with E-state index in [0.717, 1.165) is 11.1 Å². The van der Waals surface area contributed by atoms with Crippen molar-refractivity contribution in [2.45, 2.75) is 5.72 Å². The van der Waals surface area contributed by atoms with Crippen LogP contribution in [0.3, 0.4) is 0 Å². The number of hydrogen-bond donors (Lipinski definition) is 1. The second-order valence-corrected chi connectivity index (χ2v) is 4.83. The van der Waals surface area contributed by atoms with Crippen molar-refractivity contribution in [3.8, 4) is 0 Å². The zero-order chi connectivity index (χ0) is 13.5. The standard InChI is InChI=1S/C15H12ClNO2/c1-19-15(10-6-8-11(16)9-7-10)13-5-3-2-4-12(13)14(18)17-15/h2-9H,1H3,(H,17,18)/t15-/m1/s1. The molecule has 4 heteroatoms. The summed E-state index contributed by atoms with van der Waals surface area (Å²) in [5.74, 6) is -0.132. The summed E-state index contributed by atoms with van der Waals surface area (Å²) in [5.41, 5.74) is 1.37. The highest BCUT2D eigenvalue weighted by Gasteiger charge is 2.44. The largest absolute Gasteiger partial charge is 0.351 e. The van der Waals surface area contributed by atoms with Crippen molar-refractivity contribution < 1.29 is 9.53 Å². The van der Waals surface area contributed by atoms with Gasteiger partial charge in [0.15, 0.2) is 5.72 Å². The van der Waals surface area contributed by atoms with Crippen molar-refractivity contribution in [2.75, 3.05) is 7.11 Å². The molecule has 2 aromatic rings. The van der Waals surface area contributed by atoms with E-state index < -0.39 is 5.72 Å². The Morgan fingerprint density at radius 3 is 2.47 bits per heavy atom. The molecule has 1 aliphatic rings. The maximum absolute atomic E-state index is 12.1. The second kappa shape index (κ2) is 4.37. The topological polar surface area (TPSA) is 38.3 Å². The van der Waals surface area contributed by atoms with Gasteiger partial charge in [0.25, 0.3) is 5.91 Å². The molecule has 0 fully saturated rings. The van der Waals surface area contributed by atoms with Gasteiger partial charge in [0.05, 0.1) is 0 Å². The van der Waals surface area contributed by atoms with E-state index in [1.54, 1.807) is 25.3 Å². The first-order valence-electron chi connectivity index (χ1n) is 5.90. The molecular weight excluding hydrogens is 262 g/mol. The minimum Gasteiger partial charge on any atom is -0.351 e. The summed E-state index contributed by atoms with van der Waals surface area (Å²) < 4.78 is 5.65. The Morgan fingerprint density at radius 2 is 1.79 bits per heavy atom. The van der Waals surface area contributed by atoms with Crippen LogP contribution < -0.4 is 5.32 Å². The molecule has 0 unspecified atom stereocenters. The summed E-state index contributed by atoms with van der Waals surface area (Å²) >= 11 is 5.91. The molecule has 3 nitrogen and oxygen atoms in total. The van der Waals surface area contributed by atoms with Gasteiger partial charge in [-0.1, -0.05) is 41.9 Å². The number of fused-ring (bicyclic) bond motifs is 1. The lowest BCUT2D eigenvalue weighted by Gasteiger charge is -2.29. The van der Waals surface area contributed by atoms with Crippen LogP contribution >= 0.6 is 11.6 Å². The molecule has 0 saturated heterocycles. The zero-order valence-corrected chi connectivity index (χ0v) is 11.1. The van der Waals surface area contributed by atoms with E-state index in [9.17, 15) is 4.79 Å². The van der Waals surface area contributed by atoms with E-state index in [4.69, 9.17) is 16.3 Å². The van der Waals surface area contributed by atoms with E-state index in [2.05, 4.69) is 5.32 Å². The lowest BCUT2D eigenvalue weighted by molar-refractivity contribution is 0.00335. The molecule has 1 amide bonds. The number of benzene rings is 2. The van der Waals surface area contributed by atoms with Gasteiger partial charge < -0.3 is 10.1 Å². The van der Waals surface area contributed by atoms with Gasteiger partial charge in [0, 0.05) is 28.8 Å². The lowest BCUT2D eigenvalue weighted by atomic mass is 9.94. The number of amides is 1. The van der Waals surface area contributed by atoms with Gasteiger partial charge in [-0.15, -0.1) is 0 Å². The minimum atomic E-state index is -0.932.